The molecule has 21 heavy (non-hydrogen) atoms. The summed E-state index contributed by atoms with van der Waals surface area (Å²) in [7, 11) is 2.09. The second-order valence-electron chi connectivity index (χ2n) is 5.69. The van der Waals surface area contributed by atoms with Gasteiger partial charge >= 0.3 is 0 Å². The number of anilines is 1. The highest BCUT2D eigenvalue weighted by molar-refractivity contribution is 5.94. The fourth-order valence-electron chi connectivity index (χ4n) is 2.45. The zero-order valence-corrected chi connectivity index (χ0v) is 13.1. The van der Waals surface area contributed by atoms with Gasteiger partial charge in [0.1, 0.15) is 0 Å². The van der Waals surface area contributed by atoms with E-state index in [4.69, 9.17) is 0 Å². The number of rotatable bonds is 6. The van der Waals surface area contributed by atoms with Crippen molar-refractivity contribution in [3.8, 4) is 0 Å². The number of hydrogen-bond donors (Lipinski definition) is 1. The van der Waals surface area contributed by atoms with Crippen LogP contribution in [0.5, 0.6) is 0 Å². The van der Waals surface area contributed by atoms with Crippen molar-refractivity contribution in [2.45, 2.75) is 26.2 Å². The summed E-state index contributed by atoms with van der Waals surface area (Å²) in [5.74, 6) is 0.0906. The van der Waals surface area contributed by atoms with Crippen molar-refractivity contribution in [2.24, 2.45) is 0 Å². The van der Waals surface area contributed by atoms with Crippen molar-refractivity contribution in [2.75, 3.05) is 45.1 Å². The van der Waals surface area contributed by atoms with E-state index in [0.717, 1.165) is 44.8 Å². The monoisotopic (exact) mass is 290 g/mol. The Bertz CT molecular complexity index is 455. The Hall–Kier alpha value is -1.62. The fourth-order valence-corrected chi connectivity index (χ4v) is 2.45. The average molecular weight is 290 g/mol. The third-order valence-corrected chi connectivity index (χ3v) is 3.89. The minimum atomic E-state index is 0.0906. The number of hydrogen-bond acceptors (Lipinski definition) is 4. The summed E-state index contributed by atoms with van der Waals surface area (Å²) in [5.41, 5.74) is 1.62. The van der Waals surface area contributed by atoms with Crippen molar-refractivity contribution in [3.05, 3.63) is 24.0 Å². The van der Waals surface area contributed by atoms with Crippen LogP contribution in [0.2, 0.25) is 0 Å². The second kappa shape index (κ2) is 7.98. The van der Waals surface area contributed by atoms with E-state index < -0.39 is 0 Å². The first-order valence-corrected chi connectivity index (χ1v) is 7.87. The van der Waals surface area contributed by atoms with Crippen LogP contribution in [0.1, 0.15) is 36.5 Å². The third kappa shape index (κ3) is 4.70. The standard InChI is InChI=1S/C16H26N4O/c1-3-4-5-6-18-15-11-14(12-17-13-15)16(21)20-9-7-19(2)8-10-20/h11-13,18H,3-10H2,1-2H3. The number of piperazine rings is 1. The molecule has 1 N–H and O–H groups in total. The van der Waals surface area contributed by atoms with Gasteiger partial charge in [0.2, 0.25) is 0 Å². The SMILES string of the molecule is CCCCCNc1cncc(C(=O)N2CCN(C)CC2)c1. The van der Waals surface area contributed by atoms with Crippen LogP contribution in [0.25, 0.3) is 0 Å². The van der Waals surface area contributed by atoms with Crippen LogP contribution in [-0.4, -0.2) is 60.5 Å². The summed E-state index contributed by atoms with van der Waals surface area (Å²) < 4.78 is 0. The lowest BCUT2D eigenvalue weighted by Crippen LogP contribution is -2.47. The van der Waals surface area contributed by atoms with Crippen molar-refractivity contribution in [1.29, 1.82) is 0 Å². The van der Waals surface area contributed by atoms with Crippen molar-refractivity contribution in [3.63, 3.8) is 0 Å². The van der Waals surface area contributed by atoms with Gasteiger partial charge in [-0.15, -0.1) is 0 Å². The van der Waals surface area contributed by atoms with Crippen LogP contribution in [0.15, 0.2) is 18.5 Å². The quantitative estimate of drug-likeness (QED) is 0.815. The molecule has 0 spiro atoms. The van der Waals surface area contributed by atoms with Crippen LogP contribution < -0.4 is 5.32 Å². The molecule has 1 aliphatic heterocycles. The molecule has 0 aliphatic carbocycles. The highest BCUT2D eigenvalue weighted by Crippen LogP contribution is 2.12. The van der Waals surface area contributed by atoms with Gasteiger partial charge in [0.05, 0.1) is 11.3 Å². The summed E-state index contributed by atoms with van der Waals surface area (Å²) >= 11 is 0. The summed E-state index contributed by atoms with van der Waals surface area (Å²) in [5, 5.41) is 3.34. The van der Waals surface area contributed by atoms with Gasteiger partial charge < -0.3 is 15.1 Å². The lowest BCUT2D eigenvalue weighted by molar-refractivity contribution is 0.0663. The number of pyridine rings is 1. The molecule has 0 atom stereocenters. The molecule has 0 bridgehead atoms. The van der Waals surface area contributed by atoms with Gasteiger partial charge in [-0.2, -0.15) is 0 Å². The molecule has 116 valence electrons. The number of amides is 1. The van der Waals surface area contributed by atoms with E-state index in [1.165, 1.54) is 12.8 Å². The number of unbranched alkanes of at least 4 members (excludes halogenated alkanes) is 2. The molecule has 5 nitrogen and oxygen atoms in total. The average Bonchev–Trinajstić information content (AvgIpc) is 2.52. The minimum absolute atomic E-state index is 0.0906. The molecule has 0 unspecified atom stereocenters. The number of likely N-dealkylation sites (N-methyl/N-ethyl adjacent to an activating group) is 1. The molecule has 2 rings (SSSR count). The number of aromatic nitrogens is 1. The Morgan fingerprint density at radius 3 is 2.71 bits per heavy atom. The highest BCUT2D eigenvalue weighted by Gasteiger charge is 2.20. The third-order valence-electron chi connectivity index (χ3n) is 3.89. The van der Waals surface area contributed by atoms with E-state index in [-0.39, 0.29) is 5.91 Å². The van der Waals surface area contributed by atoms with Crippen molar-refractivity contribution >= 4 is 11.6 Å². The number of carbonyl (C=O) groups excluding carboxylic acids is 1. The Labute approximate surface area is 127 Å². The number of nitrogens with one attached hydrogen (secondary N) is 1. The first-order chi connectivity index (χ1) is 10.2. The van der Waals surface area contributed by atoms with Gasteiger partial charge in [0.25, 0.3) is 5.91 Å². The lowest BCUT2D eigenvalue weighted by atomic mass is 10.2. The molecule has 0 radical (unpaired) electrons. The van der Waals surface area contributed by atoms with E-state index in [1.807, 2.05) is 11.0 Å². The van der Waals surface area contributed by atoms with Gasteiger partial charge in [0, 0.05) is 45.1 Å². The fraction of sp³-hybridized carbons (Fsp3) is 0.625. The first kappa shape index (κ1) is 15.8. The van der Waals surface area contributed by atoms with Crippen LogP contribution in [0.4, 0.5) is 5.69 Å². The molecule has 1 aromatic heterocycles. The molecule has 1 amide bonds. The molecule has 1 saturated heterocycles. The van der Waals surface area contributed by atoms with Gasteiger partial charge in [-0.1, -0.05) is 19.8 Å². The summed E-state index contributed by atoms with van der Waals surface area (Å²) in [6.45, 7) is 6.59. The topological polar surface area (TPSA) is 48.5 Å². The molecular weight excluding hydrogens is 264 g/mol. The number of carbonyl (C=O) groups is 1. The predicted octanol–water partition coefficient (Wildman–Crippen LogP) is 2.07. The zero-order chi connectivity index (χ0) is 15.1. The van der Waals surface area contributed by atoms with Gasteiger partial charge in [-0.05, 0) is 19.5 Å². The molecule has 0 saturated carbocycles. The summed E-state index contributed by atoms with van der Waals surface area (Å²) in [6.07, 6.45) is 7.03. The molecule has 1 aliphatic rings. The second-order valence-corrected chi connectivity index (χ2v) is 5.69. The molecule has 1 fully saturated rings. The Kier molecular flexibility index (Phi) is 5.99. The first-order valence-electron chi connectivity index (χ1n) is 7.87. The van der Waals surface area contributed by atoms with Gasteiger partial charge in [-0.3, -0.25) is 9.78 Å². The Morgan fingerprint density at radius 2 is 2.00 bits per heavy atom. The zero-order valence-electron chi connectivity index (χ0n) is 13.1. The van der Waals surface area contributed by atoms with E-state index >= 15 is 0 Å². The Balaban J connectivity index is 1.91. The highest BCUT2D eigenvalue weighted by atomic mass is 16.2. The van der Waals surface area contributed by atoms with Crippen molar-refractivity contribution < 1.29 is 4.79 Å². The van der Waals surface area contributed by atoms with E-state index in [2.05, 4.69) is 29.2 Å². The number of nitrogens with zero attached hydrogens (tertiary/aromatic N) is 3. The minimum Gasteiger partial charge on any atom is -0.384 e. The molecule has 2 heterocycles. The summed E-state index contributed by atoms with van der Waals surface area (Å²) in [6, 6.07) is 1.92. The molecule has 0 aromatic carbocycles. The van der Waals surface area contributed by atoms with Gasteiger partial charge in [0.15, 0.2) is 0 Å². The summed E-state index contributed by atoms with van der Waals surface area (Å²) in [4.78, 5) is 20.8. The maximum Gasteiger partial charge on any atom is 0.255 e. The molecular formula is C16H26N4O. The maximum absolute atomic E-state index is 12.5. The van der Waals surface area contributed by atoms with Crippen LogP contribution >= 0.6 is 0 Å². The molecule has 1 aromatic rings. The van der Waals surface area contributed by atoms with Crippen LogP contribution in [0, 0.1) is 0 Å². The Morgan fingerprint density at radius 1 is 1.24 bits per heavy atom. The van der Waals surface area contributed by atoms with Crippen LogP contribution in [-0.2, 0) is 0 Å². The van der Waals surface area contributed by atoms with Crippen molar-refractivity contribution in [1.82, 2.24) is 14.8 Å². The molecule has 5 heteroatoms. The largest absolute Gasteiger partial charge is 0.384 e. The maximum atomic E-state index is 12.5. The van der Waals surface area contributed by atoms with E-state index in [9.17, 15) is 4.79 Å². The van der Waals surface area contributed by atoms with E-state index in [1.54, 1.807) is 12.4 Å². The normalized spacial score (nSPS) is 16.0. The predicted molar refractivity (Wildman–Crippen MR) is 85.7 cm³/mol. The van der Waals surface area contributed by atoms with Gasteiger partial charge in [-0.25, -0.2) is 0 Å². The lowest BCUT2D eigenvalue weighted by Gasteiger charge is -2.32. The van der Waals surface area contributed by atoms with Crippen LogP contribution in [0.3, 0.4) is 0 Å². The smallest absolute Gasteiger partial charge is 0.255 e. The van der Waals surface area contributed by atoms with E-state index in [0.29, 0.717) is 5.56 Å².